The average molecular weight is 477 g/mol. The molecule has 0 N–H and O–H groups in total. The number of ether oxygens (including phenoxy) is 2. The molecule has 3 heteroatoms. The van der Waals surface area contributed by atoms with Crippen LogP contribution < -0.4 is 0 Å². The molecule has 35 heavy (non-hydrogen) atoms. The van der Waals surface area contributed by atoms with Crippen molar-refractivity contribution in [3.8, 4) is 11.1 Å². The molecule has 4 rings (SSSR count). The summed E-state index contributed by atoms with van der Waals surface area (Å²) in [4.78, 5) is 10.9. The van der Waals surface area contributed by atoms with Crippen molar-refractivity contribution in [3.63, 3.8) is 0 Å². The lowest BCUT2D eigenvalue weighted by atomic mass is 9.78. The summed E-state index contributed by atoms with van der Waals surface area (Å²) in [6.45, 7) is 5.41. The van der Waals surface area contributed by atoms with Gasteiger partial charge in [0.2, 0.25) is 0 Å². The molecule has 2 aromatic rings. The van der Waals surface area contributed by atoms with Gasteiger partial charge in [0, 0.05) is 17.4 Å². The van der Waals surface area contributed by atoms with Crippen LogP contribution in [0.25, 0.3) is 11.1 Å². The van der Waals surface area contributed by atoms with Crippen molar-refractivity contribution in [1.29, 1.82) is 0 Å². The highest BCUT2D eigenvalue weighted by molar-refractivity contribution is 5.76. The zero-order valence-corrected chi connectivity index (χ0v) is 21.8. The molecule has 2 fully saturated rings. The smallest absolute Gasteiger partial charge is 0.160 e. The van der Waals surface area contributed by atoms with E-state index in [9.17, 15) is 4.79 Å². The van der Waals surface area contributed by atoms with E-state index in [2.05, 4.69) is 38.1 Å². The Morgan fingerprint density at radius 3 is 2.09 bits per heavy atom. The van der Waals surface area contributed by atoms with E-state index in [1.54, 1.807) is 0 Å². The fourth-order valence-electron chi connectivity index (χ4n) is 5.89. The number of rotatable bonds is 11. The second kappa shape index (κ2) is 13.4. The molecule has 1 unspecified atom stereocenters. The Balaban J connectivity index is 1.20. The summed E-state index contributed by atoms with van der Waals surface area (Å²) in [6, 6.07) is 16.8. The van der Waals surface area contributed by atoms with Crippen LogP contribution in [0.4, 0.5) is 0 Å². The third-order valence-electron chi connectivity index (χ3n) is 8.33. The van der Waals surface area contributed by atoms with E-state index >= 15 is 0 Å². The Kier molecular flexibility index (Phi) is 9.97. The van der Waals surface area contributed by atoms with Crippen LogP contribution in [0.3, 0.4) is 0 Å². The molecule has 0 bridgehead atoms. The van der Waals surface area contributed by atoms with Gasteiger partial charge < -0.3 is 9.47 Å². The van der Waals surface area contributed by atoms with E-state index < -0.39 is 0 Å². The Labute approximate surface area is 212 Å². The second-order valence-corrected chi connectivity index (χ2v) is 10.8. The second-order valence-electron chi connectivity index (χ2n) is 10.8. The summed E-state index contributed by atoms with van der Waals surface area (Å²) < 4.78 is 12.7. The zero-order valence-electron chi connectivity index (χ0n) is 21.8. The summed E-state index contributed by atoms with van der Waals surface area (Å²) in [6.07, 6.45) is 15.3. The van der Waals surface area contributed by atoms with Gasteiger partial charge in [0.1, 0.15) is 6.29 Å². The number of carbonyl (C=O) groups excluding carboxylic acids is 1. The zero-order chi connectivity index (χ0) is 24.5. The summed E-state index contributed by atoms with van der Waals surface area (Å²) in [5, 5.41) is 0. The highest BCUT2D eigenvalue weighted by Gasteiger charge is 2.35. The molecule has 1 saturated carbocycles. The predicted molar refractivity (Wildman–Crippen MR) is 144 cm³/mol. The third-order valence-corrected chi connectivity index (χ3v) is 8.33. The Bertz CT molecular complexity index is 880. The van der Waals surface area contributed by atoms with Gasteiger partial charge in [-0.25, -0.2) is 0 Å². The number of carbonyl (C=O) groups is 1. The minimum Gasteiger partial charge on any atom is -0.352 e. The summed E-state index contributed by atoms with van der Waals surface area (Å²) in [5.41, 5.74) is 4.51. The van der Waals surface area contributed by atoms with Gasteiger partial charge >= 0.3 is 0 Å². The van der Waals surface area contributed by atoms with E-state index in [1.165, 1.54) is 81.8 Å². The summed E-state index contributed by atoms with van der Waals surface area (Å²) >= 11 is 0. The molecule has 1 aliphatic carbocycles. The van der Waals surface area contributed by atoms with Crippen LogP contribution in [0, 0.1) is 11.8 Å². The Hall–Kier alpha value is -1.97. The molecule has 1 heterocycles. The van der Waals surface area contributed by atoms with Gasteiger partial charge in [-0.15, -0.1) is 0 Å². The number of unbranched alkanes of at least 4 members (excludes halogenated alkanes) is 5. The van der Waals surface area contributed by atoms with E-state index in [1.807, 2.05) is 24.3 Å². The van der Waals surface area contributed by atoms with Crippen molar-refractivity contribution in [3.05, 3.63) is 59.7 Å². The van der Waals surface area contributed by atoms with E-state index in [4.69, 9.17) is 9.47 Å². The van der Waals surface area contributed by atoms with E-state index in [0.29, 0.717) is 23.9 Å². The largest absolute Gasteiger partial charge is 0.352 e. The van der Waals surface area contributed by atoms with E-state index in [-0.39, 0.29) is 6.29 Å². The van der Waals surface area contributed by atoms with Gasteiger partial charge in [0.15, 0.2) is 6.29 Å². The molecule has 190 valence electrons. The van der Waals surface area contributed by atoms with Gasteiger partial charge in [-0.05, 0) is 61.6 Å². The van der Waals surface area contributed by atoms with Crippen molar-refractivity contribution < 1.29 is 14.3 Å². The lowest BCUT2D eigenvalue weighted by molar-refractivity contribution is -0.257. The van der Waals surface area contributed by atoms with Crippen LogP contribution in [0.1, 0.15) is 106 Å². The van der Waals surface area contributed by atoms with E-state index in [0.717, 1.165) is 24.0 Å². The molecule has 1 saturated heterocycles. The van der Waals surface area contributed by atoms with Crippen molar-refractivity contribution in [2.45, 2.75) is 103 Å². The lowest BCUT2D eigenvalue weighted by Gasteiger charge is -2.40. The first kappa shape index (κ1) is 26.1. The first-order chi connectivity index (χ1) is 17.2. The highest BCUT2D eigenvalue weighted by Crippen LogP contribution is 2.40. The molecule has 0 amide bonds. The van der Waals surface area contributed by atoms with Crippen LogP contribution in [0.15, 0.2) is 48.5 Å². The van der Waals surface area contributed by atoms with Crippen LogP contribution in [-0.4, -0.2) is 25.3 Å². The van der Waals surface area contributed by atoms with Crippen LogP contribution >= 0.6 is 0 Å². The van der Waals surface area contributed by atoms with Crippen molar-refractivity contribution >= 4 is 6.29 Å². The molecule has 2 aromatic carbocycles. The molecule has 0 spiro atoms. The quantitative estimate of drug-likeness (QED) is 0.241. The molecule has 0 radical (unpaired) electrons. The minimum absolute atomic E-state index is 0.0107. The molecule has 3 nitrogen and oxygen atoms in total. The molecule has 1 aliphatic heterocycles. The first-order valence-electron chi connectivity index (χ1n) is 14.1. The lowest BCUT2D eigenvalue weighted by Crippen LogP contribution is -2.42. The van der Waals surface area contributed by atoms with Crippen molar-refractivity contribution in [2.75, 3.05) is 6.61 Å². The average Bonchev–Trinajstić information content (AvgIpc) is 2.91. The highest BCUT2D eigenvalue weighted by atomic mass is 16.7. The van der Waals surface area contributed by atoms with Gasteiger partial charge in [-0.1, -0.05) is 94.0 Å². The number of benzene rings is 2. The normalized spacial score (nSPS) is 27.0. The van der Waals surface area contributed by atoms with Crippen LogP contribution in [0.5, 0.6) is 0 Å². The minimum atomic E-state index is -0.0107. The maximum absolute atomic E-state index is 10.9. The molecular weight excluding hydrogens is 432 g/mol. The fraction of sp³-hybridized carbons (Fsp3) is 0.594. The number of hydrogen-bond acceptors (Lipinski definition) is 3. The third kappa shape index (κ3) is 7.27. The number of hydrogen-bond donors (Lipinski definition) is 0. The maximum atomic E-state index is 10.9. The van der Waals surface area contributed by atoms with Crippen LogP contribution in [-0.2, 0) is 9.47 Å². The number of aldehydes is 1. The molecular formula is C32H44O3. The maximum Gasteiger partial charge on any atom is 0.160 e. The topological polar surface area (TPSA) is 35.5 Å². The monoisotopic (exact) mass is 476 g/mol. The molecule has 0 aromatic heterocycles. The van der Waals surface area contributed by atoms with Gasteiger partial charge in [0.25, 0.3) is 0 Å². The Morgan fingerprint density at radius 1 is 0.829 bits per heavy atom. The van der Waals surface area contributed by atoms with Crippen LogP contribution in [0.2, 0.25) is 0 Å². The van der Waals surface area contributed by atoms with Gasteiger partial charge in [-0.3, -0.25) is 4.79 Å². The van der Waals surface area contributed by atoms with Gasteiger partial charge in [-0.2, -0.15) is 0 Å². The summed E-state index contributed by atoms with van der Waals surface area (Å²) in [7, 11) is 0. The SMILES string of the molecule is CCCCCCCC[C@@H]1CO[C@@H](C2CCC(c3ccc(-c4ccc(C=O)cc4)cc3)CC2)OC1C. The van der Waals surface area contributed by atoms with Crippen molar-refractivity contribution in [2.24, 2.45) is 11.8 Å². The Morgan fingerprint density at radius 2 is 1.46 bits per heavy atom. The summed E-state index contributed by atoms with van der Waals surface area (Å²) in [5.74, 6) is 1.71. The predicted octanol–water partition coefficient (Wildman–Crippen LogP) is 8.57. The first-order valence-corrected chi connectivity index (χ1v) is 14.1. The molecule has 3 atom stereocenters. The standard InChI is InChI=1S/C32H44O3/c1-3-4-5-6-7-8-9-31-23-34-32(35-24(31)2)30-20-18-29(19-21-30)28-16-14-27(15-17-28)26-12-10-25(22-33)11-13-26/h10-17,22,24,29-32H,3-9,18-21,23H2,1-2H3/t24?,29?,30?,31-,32-/m1/s1. The molecule has 2 aliphatic rings. The van der Waals surface area contributed by atoms with Crippen molar-refractivity contribution in [1.82, 2.24) is 0 Å². The van der Waals surface area contributed by atoms with Gasteiger partial charge in [0.05, 0.1) is 12.7 Å². The fourth-order valence-corrected chi connectivity index (χ4v) is 5.89.